The Morgan fingerprint density at radius 3 is 2.32 bits per heavy atom. The number of esters is 1. The number of unbranched alkanes of at least 4 members (excludes halogenated alkanes) is 2. The molecule has 0 bridgehead atoms. The summed E-state index contributed by atoms with van der Waals surface area (Å²) in [6, 6.07) is 23.6. The Bertz CT molecular complexity index is 1160. The predicted molar refractivity (Wildman–Crippen MR) is 141 cm³/mol. The first-order chi connectivity index (χ1) is 18.2. The Morgan fingerprint density at radius 1 is 0.892 bits per heavy atom. The Morgan fingerprint density at radius 2 is 1.59 bits per heavy atom. The number of carbonyl (C=O) groups is 2. The summed E-state index contributed by atoms with van der Waals surface area (Å²) in [7, 11) is 1.38. The third-order valence-electron chi connectivity index (χ3n) is 6.41. The fraction of sp³-hybridized carbons (Fsp3) is 0.355. The lowest BCUT2D eigenvalue weighted by Crippen LogP contribution is -2.28. The van der Waals surface area contributed by atoms with Crippen LogP contribution in [0.15, 0.2) is 72.8 Å². The van der Waals surface area contributed by atoms with E-state index in [1.54, 1.807) is 0 Å². The van der Waals surface area contributed by atoms with Crippen LogP contribution in [0.3, 0.4) is 0 Å². The predicted octanol–water partition coefficient (Wildman–Crippen LogP) is 5.59. The summed E-state index contributed by atoms with van der Waals surface area (Å²) in [5.74, 6) is 1.16. The van der Waals surface area contributed by atoms with E-state index in [4.69, 9.17) is 18.9 Å². The fourth-order valence-corrected chi connectivity index (χ4v) is 4.44. The van der Waals surface area contributed by atoms with Crippen LogP contribution in [0.5, 0.6) is 11.5 Å². The lowest BCUT2D eigenvalue weighted by atomic mass is 9.96. The summed E-state index contributed by atoms with van der Waals surface area (Å²) < 4.78 is 22.9. The van der Waals surface area contributed by atoms with Crippen LogP contribution in [0.2, 0.25) is 0 Å². The van der Waals surface area contributed by atoms with Gasteiger partial charge in [-0.25, -0.2) is 4.79 Å². The Labute approximate surface area is 218 Å². The van der Waals surface area contributed by atoms with Gasteiger partial charge in [0.1, 0.15) is 11.5 Å². The largest absolute Gasteiger partial charge is 0.493 e. The fourth-order valence-electron chi connectivity index (χ4n) is 4.44. The molecule has 6 heteroatoms. The van der Waals surface area contributed by atoms with Gasteiger partial charge >= 0.3 is 5.97 Å². The van der Waals surface area contributed by atoms with Gasteiger partial charge in [-0.15, -0.1) is 0 Å². The zero-order valence-corrected chi connectivity index (χ0v) is 21.3. The number of fused-ring (bicyclic) bond motifs is 1. The Kier molecular flexibility index (Phi) is 9.72. The maximum atomic E-state index is 12.4. The van der Waals surface area contributed by atoms with Crippen molar-refractivity contribution in [3.8, 4) is 11.5 Å². The highest BCUT2D eigenvalue weighted by atomic mass is 16.6. The number of rotatable bonds is 13. The van der Waals surface area contributed by atoms with Crippen LogP contribution >= 0.6 is 0 Å². The highest BCUT2D eigenvalue weighted by Crippen LogP contribution is 2.37. The number of hydrogen-bond donors (Lipinski definition) is 0. The van der Waals surface area contributed by atoms with Gasteiger partial charge in [0, 0.05) is 31.4 Å². The molecule has 194 valence electrons. The van der Waals surface area contributed by atoms with Crippen LogP contribution in [-0.2, 0) is 27.1 Å². The van der Waals surface area contributed by atoms with Gasteiger partial charge in [-0.05, 0) is 42.5 Å². The second kappa shape index (κ2) is 13.6. The lowest BCUT2D eigenvalue weighted by molar-refractivity contribution is -0.154. The number of Topliss-reactive ketones (excluding diaryl/α,β-unsaturated/α-hetero) is 1. The van der Waals surface area contributed by atoms with Gasteiger partial charge in [-0.3, -0.25) is 4.79 Å². The molecule has 0 aromatic heterocycles. The molecule has 0 fully saturated rings. The number of ether oxygens (including phenoxy) is 4. The maximum absolute atomic E-state index is 12.4. The zero-order chi connectivity index (χ0) is 25.9. The van der Waals surface area contributed by atoms with Crippen molar-refractivity contribution in [1.29, 1.82) is 0 Å². The van der Waals surface area contributed by atoms with E-state index in [0.29, 0.717) is 50.4 Å². The molecule has 4 rings (SSSR count). The van der Waals surface area contributed by atoms with Gasteiger partial charge in [-0.1, -0.05) is 60.7 Å². The van der Waals surface area contributed by atoms with Gasteiger partial charge in [0.15, 0.2) is 11.9 Å². The average molecular weight is 503 g/mol. The van der Waals surface area contributed by atoms with Crippen molar-refractivity contribution in [1.82, 2.24) is 0 Å². The molecule has 3 aromatic carbocycles. The van der Waals surface area contributed by atoms with Crippen molar-refractivity contribution in [2.45, 2.75) is 44.6 Å². The molecule has 0 spiro atoms. The van der Waals surface area contributed by atoms with E-state index in [0.717, 1.165) is 41.7 Å². The summed E-state index contributed by atoms with van der Waals surface area (Å²) in [5, 5.41) is 0. The Hall–Kier alpha value is -3.64. The molecule has 0 saturated heterocycles. The molecule has 1 aliphatic rings. The molecule has 0 N–H and O–H groups in total. The van der Waals surface area contributed by atoms with Gasteiger partial charge in [0.25, 0.3) is 0 Å². The quantitative estimate of drug-likeness (QED) is 0.224. The molecule has 37 heavy (non-hydrogen) atoms. The first kappa shape index (κ1) is 26.4. The number of ketones is 1. The summed E-state index contributed by atoms with van der Waals surface area (Å²) >= 11 is 0. The highest BCUT2D eigenvalue weighted by Gasteiger charge is 2.24. The van der Waals surface area contributed by atoms with E-state index in [2.05, 4.69) is 12.1 Å². The minimum atomic E-state index is -0.609. The minimum absolute atomic E-state index is 0.111. The molecule has 0 amide bonds. The van der Waals surface area contributed by atoms with E-state index in [-0.39, 0.29) is 11.8 Å². The third-order valence-corrected chi connectivity index (χ3v) is 6.41. The molecule has 1 unspecified atom stereocenters. The van der Waals surface area contributed by atoms with Crippen LogP contribution in [0.25, 0.3) is 0 Å². The van der Waals surface area contributed by atoms with E-state index in [9.17, 15) is 9.59 Å². The summed E-state index contributed by atoms with van der Waals surface area (Å²) in [6.45, 7) is 1.41. The number of carbonyl (C=O) groups excluding carboxylic acids is 2. The second-order valence-corrected chi connectivity index (χ2v) is 9.08. The number of hydrogen-bond acceptors (Lipinski definition) is 6. The van der Waals surface area contributed by atoms with Crippen molar-refractivity contribution in [2.75, 3.05) is 26.9 Å². The molecule has 1 aliphatic heterocycles. The van der Waals surface area contributed by atoms with Crippen LogP contribution in [0, 0.1) is 0 Å². The van der Waals surface area contributed by atoms with E-state index in [1.165, 1.54) is 7.11 Å². The van der Waals surface area contributed by atoms with E-state index < -0.39 is 6.10 Å². The normalized spacial score (nSPS) is 13.4. The van der Waals surface area contributed by atoms with Crippen LogP contribution < -0.4 is 9.47 Å². The molecule has 1 heterocycles. The van der Waals surface area contributed by atoms with Gasteiger partial charge in [0.2, 0.25) is 0 Å². The van der Waals surface area contributed by atoms with E-state index >= 15 is 0 Å². The average Bonchev–Trinajstić information content (AvgIpc) is 2.93. The first-order valence-corrected chi connectivity index (χ1v) is 12.9. The van der Waals surface area contributed by atoms with Crippen LogP contribution in [-0.4, -0.2) is 44.8 Å². The zero-order valence-electron chi connectivity index (χ0n) is 21.3. The van der Waals surface area contributed by atoms with E-state index in [1.807, 2.05) is 60.7 Å². The van der Waals surface area contributed by atoms with Crippen molar-refractivity contribution < 1.29 is 28.5 Å². The van der Waals surface area contributed by atoms with Crippen molar-refractivity contribution in [3.63, 3.8) is 0 Å². The monoisotopic (exact) mass is 502 g/mol. The molecular formula is C31H34O6. The smallest absolute Gasteiger partial charge is 0.335 e. The molecule has 0 radical (unpaired) electrons. The number of benzene rings is 3. The summed E-state index contributed by atoms with van der Waals surface area (Å²) in [6.07, 6.45) is 3.47. The summed E-state index contributed by atoms with van der Waals surface area (Å²) in [5.41, 5.74) is 3.72. The van der Waals surface area contributed by atoms with Crippen LogP contribution in [0.1, 0.15) is 52.7 Å². The minimum Gasteiger partial charge on any atom is -0.493 e. The molecule has 0 aliphatic carbocycles. The molecule has 3 aromatic rings. The van der Waals surface area contributed by atoms with Crippen LogP contribution in [0.4, 0.5) is 0 Å². The van der Waals surface area contributed by atoms with Gasteiger partial charge in [-0.2, -0.15) is 0 Å². The molecule has 1 atom stereocenters. The lowest BCUT2D eigenvalue weighted by Gasteiger charge is -2.22. The van der Waals surface area contributed by atoms with Gasteiger partial charge < -0.3 is 18.9 Å². The molecule has 6 nitrogen and oxygen atoms in total. The molecule has 0 saturated carbocycles. The SMILES string of the molecule is COC(=O)C(Cc1ccccc1)OCCCCCOc1ccc2c(c1Cc1ccccc1)OCCC2=O. The van der Waals surface area contributed by atoms with Gasteiger partial charge in [0.05, 0.1) is 25.9 Å². The second-order valence-electron chi connectivity index (χ2n) is 9.08. The topological polar surface area (TPSA) is 71.1 Å². The number of methoxy groups -OCH3 is 1. The summed E-state index contributed by atoms with van der Waals surface area (Å²) in [4.78, 5) is 24.5. The highest BCUT2D eigenvalue weighted by molar-refractivity contribution is 6.00. The standard InChI is InChI=1S/C31H34O6/c1-34-31(33)29(22-24-13-7-3-8-14-24)36-19-10-4-9-18-35-28-16-15-25-27(32)17-20-37-30(25)26(28)21-23-11-5-2-6-12-23/h2-3,5-8,11-16,29H,4,9-10,17-22H2,1H3. The maximum Gasteiger partial charge on any atom is 0.335 e. The van der Waals surface area contributed by atoms with Crippen molar-refractivity contribution >= 4 is 11.8 Å². The first-order valence-electron chi connectivity index (χ1n) is 12.9. The van der Waals surface area contributed by atoms with Crippen molar-refractivity contribution in [3.05, 3.63) is 95.1 Å². The molecular weight excluding hydrogens is 468 g/mol. The third kappa shape index (κ3) is 7.43. The van der Waals surface area contributed by atoms with Crippen molar-refractivity contribution in [2.24, 2.45) is 0 Å². The Balaban J connectivity index is 1.28.